The summed E-state index contributed by atoms with van der Waals surface area (Å²) in [5.41, 5.74) is 12.0. The Balaban J connectivity index is 1.71. The molecule has 3 aliphatic rings. The summed E-state index contributed by atoms with van der Waals surface area (Å²) in [5, 5.41) is 6.36. The molecule has 0 saturated heterocycles. The van der Waals surface area contributed by atoms with Gasteiger partial charge in [-0.1, -0.05) is 26.3 Å². The maximum Gasteiger partial charge on any atom is 0.228 e. The lowest BCUT2D eigenvalue weighted by Crippen LogP contribution is -2.57. The quantitative estimate of drug-likeness (QED) is 0.354. The highest BCUT2D eigenvalue weighted by Gasteiger charge is 2.39. The van der Waals surface area contributed by atoms with Crippen LogP contribution in [0.25, 0.3) is 0 Å². The van der Waals surface area contributed by atoms with Crippen molar-refractivity contribution >= 4 is 18.3 Å². The normalized spacial score (nSPS) is 32.7. The maximum absolute atomic E-state index is 14.2. The molecule has 0 aliphatic carbocycles. The Morgan fingerprint density at radius 2 is 2.19 bits per heavy atom. The number of halogens is 1. The molecule has 6 N–H and O–H groups in total. The Kier molecular flexibility index (Phi) is 9.81. The zero-order chi connectivity index (χ0) is 26.3. The number of nitrogens with one attached hydrogen (secondary N) is 2. The first kappa shape index (κ1) is 28.0. The van der Waals surface area contributed by atoms with Gasteiger partial charge in [0.2, 0.25) is 5.91 Å². The number of carbonyl (C=O) groups is 1. The van der Waals surface area contributed by atoms with Gasteiger partial charge in [-0.3, -0.25) is 14.8 Å². The Morgan fingerprint density at radius 3 is 2.83 bits per heavy atom. The lowest BCUT2D eigenvalue weighted by Gasteiger charge is -2.36. The summed E-state index contributed by atoms with van der Waals surface area (Å²) in [6, 6.07) is -0.787. The van der Waals surface area contributed by atoms with Crippen LogP contribution in [0.15, 0.2) is 46.0 Å². The predicted octanol–water partition coefficient (Wildman–Crippen LogP) is 1.62. The minimum Gasteiger partial charge on any atom is -0.486 e. The van der Waals surface area contributed by atoms with Gasteiger partial charge in [0.15, 0.2) is 0 Å². The van der Waals surface area contributed by atoms with Crippen molar-refractivity contribution in [3.63, 3.8) is 0 Å². The molecule has 3 heterocycles. The first-order chi connectivity index (χ1) is 17.1. The standard InChI is InChI=1S/C26H42FN7O2/c1-5-26(2)10-8-17(27)13-32-20(12-26)23(24(28)29)25(35)33-21-15-30-11-9-22(21)36-19-7-6-18(31-14-19)16-34(3)4/h6-8,13-15,18,20-24,31H,5,9-12,16,28-29H2,1-4H3,(H,33,35)/b17-8+,32-13?. The number of hydrogen-bond donors (Lipinski definition) is 4. The van der Waals surface area contributed by atoms with E-state index in [2.05, 4.69) is 45.4 Å². The van der Waals surface area contributed by atoms with E-state index >= 15 is 0 Å². The van der Waals surface area contributed by atoms with Crippen LogP contribution in [0.3, 0.4) is 0 Å². The number of hydrogen-bond acceptors (Lipinski definition) is 8. The van der Waals surface area contributed by atoms with Gasteiger partial charge in [-0.15, -0.1) is 0 Å². The van der Waals surface area contributed by atoms with Gasteiger partial charge in [-0.25, -0.2) is 4.39 Å². The average Bonchev–Trinajstić information content (AvgIpc) is 2.82. The van der Waals surface area contributed by atoms with Gasteiger partial charge in [0.05, 0.1) is 30.4 Å². The number of dihydropyridines is 1. The van der Waals surface area contributed by atoms with E-state index in [1.54, 1.807) is 12.3 Å². The van der Waals surface area contributed by atoms with E-state index in [-0.39, 0.29) is 23.5 Å². The summed E-state index contributed by atoms with van der Waals surface area (Å²) in [6.45, 7) is 5.61. The molecule has 0 aromatic heterocycles. The fraction of sp³-hybridized carbons (Fsp3) is 0.654. The van der Waals surface area contributed by atoms with Crippen LogP contribution in [0, 0.1) is 11.3 Å². The number of aliphatic imine (C=N–C) groups is 2. The molecule has 1 amide bonds. The molecule has 9 nitrogen and oxygen atoms in total. The highest BCUT2D eigenvalue weighted by atomic mass is 19.1. The van der Waals surface area contributed by atoms with Crippen LogP contribution < -0.4 is 22.1 Å². The number of nitrogens with two attached hydrogens (primary N) is 2. The molecule has 0 bridgehead atoms. The van der Waals surface area contributed by atoms with Crippen molar-refractivity contribution in [2.24, 2.45) is 32.8 Å². The fourth-order valence-corrected chi connectivity index (χ4v) is 4.77. The number of allylic oxidation sites excluding steroid dienone is 3. The molecular formula is C26H42FN7O2. The molecule has 0 radical (unpaired) electrons. The van der Waals surface area contributed by atoms with E-state index in [9.17, 15) is 9.18 Å². The zero-order valence-electron chi connectivity index (χ0n) is 21.9. The zero-order valence-corrected chi connectivity index (χ0v) is 21.9. The smallest absolute Gasteiger partial charge is 0.228 e. The minimum atomic E-state index is -0.957. The van der Waals surface area contributed by atoms with Crippen molar-refractivity contribution in [3.05, 3.63) is 36.0 Å². The Morgan fingerprint density at radius 1 is 1.42 bits per heavy atom. The molecule has 3 aliphatic heterocycles. The Bertz CT molecular complexity index is 914. The first-order valence-electron chi connectivity index (χ1n) is 12.8. The van der Waals surface area contributed by atoms with Crippen LogP contribution in [0.5, 0.6) is 0 Å². The van der Waals surface area contributed by atoms with Gasteiger partial charge in [0, 0.05) is 31.9 Å². The molecule has 0 spiro atoms. The maximum atomic E-state index is 14.2. The number of nitrogens with zero attached hydrogens (tertiary/aromatic N) is 3. The summed E-state index contributed by atoms with van der Waals surface area (Å²) in [5.74, 6) is -0.870. The van der Waals surface area contributed by atoms with Crippen LogP contribution >= 0.6 is 0 Å². The average molecular weight is 504 g/mol. The molecule has 36 heavy (non-hydrogen) atoms. The van der Waals surface area contributed by atoms with Gasteiger partial charge in [-0.2, -0.15) is 0 Å². The van der Waals surface area contributed by atoms with E-state index in [0.29, 0.717) is 31.6 Å². The largest absolute Gasteiger partial charge is 0.486 e. The third kappa shape index (κ3) is 7.72. The minimum absolute atomic E-state index is 0.209. The second-order valence-corrected chi connectivity index (χ2v) is 10.6. The number of rotatable bonds is 9. The van der Waals surface area contributed by atoms with Crippen molar-refractivity contribution in [2.75, 3.05) is 27.2 Å². The van der Waals surface area contributed by atoms with Crippen molar-refractivity contribution in [1.29, 1.82) is 0 Å². The molecule has 6 unspecified atom stereocenters. The summed E-state index contributed by atoms with van der Waals surface area (Å²) in [4.78, 5) is 24.4. The number of amides is 1. The summed E-state index contributed by atoms with van der Waals surface area (Å²) in [6.07, 6.45) is 11.6. The van der Waals surface area contributed by atoms with Crippen LogP contribution in [0.4, 0.5) is 4.39 Å². The monoisotopic (exact) mass is 503 g/mol. The van der Waals surface area contributed by atoms with Gasteiger partial charge in [-0.05, 0) is 44.5 Å². The van der Waals surface area contributed by atoms with E-state index in [4.69, 9.17) is 16.2 Å². The van der Waals surface area contributed by atoms with Crippen LogP contribution in [-0.2, 0) is 9.53 Å². The lowest BCUT2D eigenvalue weighted by molar-refractivity contribution is -0.127. The van der Waals surface area contributed by atoms with Crippen LogP contribution in [0.1, 0.15) is 39.5 Å². The molecule has 0 fully saturated rings. The van der Waals surface area contributed by atoms with E-state index < -0.39 is 30.0 Å². The van der Waals surface area contributed by atoms with E-state index in [1.807, 2.05) is 26.4 Å². The topological polar surface area (TPSA) is 130 Å². The summed E-state index contributed by atoms with van der Waals surface area (Å²) >= 11 is 0. The Hall–Kier alpha value is -2.56. The van der Waals surface area contributed by atoms with Crippen LogP contribution in [0.2, 0.25) is 0 Å². The van der Waals surface area contributed by atoms with Crippen molar-refractivity contribution in [1.82, 2.24) is 15.5 Å². The first-order valence-corrected chi connectivity index (χ1v) is 12.8. The third-order valence-electron chi connectivity index (χ3n) is 7.17. The second-order valence-electron chi connectivity index (χ2n) is 10.6. The number of likely N-dealkylation sites (N-methyl/N-ethyl adjacent to an activating group) is 1. The predicted molar refractivity (Wildman–Crippen MR) is 142 cm³/mol. The van der Waals surface area contributed by atoms with E-state index in [0.717, 1.165) is 13.0 Å². The van der Waals surface area contributed by atoms with Gasteiger partial charge >= 0.3 is 0 Å². The molecule has 0 aromatic carbocycles. The fourth-order valence-electron chi connectivity index (χ4n) is 4.77. The van der Waals surface area contributed by atoms with E-state index in [1.165, 1.54) is 6.21 Å². The van der Waals surface area contributed by atoms with Crippen LogP contribution in [-0.4, -0.2) is 80.8 Å². The second kappa shape index (κ2) is 12.6. The summed E-state index contributed by atoms with van der Waals surface area (Å²) in [7, 11) is 4.05. The van der Waals surface area contributed by atoms with Crippen molar-refractivity contribution in [3.8, 4) is 0 Å². The number of ether oxygens (including phenoxy) is 1. The molecular weight excluding hydrogens is 461 g/mol. The van der Waals surface area contributed by atoms with Gasteiger partial charge in [0.25, 0.3) is 0 Å². The van der Waals surface area contributed by atoms with Gasteiger partial charge < -0.3 is 31.7 Å². The number of carbonyl (C=O) groups excluding carboxylic acids is 1. The Labute approximate surface area is 214 Å². The molecule has 200 valence electrons. The molecule has 0 aromatic rings. The van der Waals surface area contributed by atoms with Crippen molar-refractivity contribution in [2.45, 2.75) is 69.9 Å². The van der Waals surface area contributed by atoms with Crippen molar-refractivity contribution < 1.29 is 13.9 Å². The van der Waals surface area contributed by atoms with Gasteiger partial charge in [0.1, 0.15) is 23.7 Å². The SMILES string of the molecule is CCC1(C)C/C=C(/F)C=NC(C(C(=O)NC2C=NCCC2OC2=CNC(CN(C)C)C=C2)C(N)N)C1. The molecule has 6 atom stereocenters. The third-order valence-corrected chi connectivity index (χ3v) is 7.17. The highest BCUT2D eigenvalue weighted by molar-refractivity contribution is 5.85. The highest BCUT2D eigenvalue weighted by Crippen LogP contribution is 2.36. The molecule has 0 saturated carbocycles. The molecule has 10 heteroatoms. The summed E-state index contributed by atoms with van der Waals surface area (Å²) < 4.78 is 20.4. The molecule has 3 rings (SSSR count). The lowest BCUT2D eigenvalue weighted by atomic mass is 9.74.